The molecule has 1 fully saturated rings. The van der Waals surface area contributed by atoms with Crippen LogP contribution >= 0.6 is 22.7 Å². The van der Waals surface area contributed by atoms with Crippen molar-refractivity contribution in [2.75, 3.05) is 13.7 Å². The van der Waals surface area contributed by atoms with Crippen molar-refractivity contribution in [3.05, 3.63) is 92.3 Å². The van der Waals surface area contributed by atoms with Crippen molar-refractivity contribution in [3.8, 4) is 0 Å². The third-order valence-electron chi connectivity index (χ3n) is 7.87. The Morgan fingerprint density at radius 3 is 2.08 bits per heavy atom. The smallest absolute Gasteiger partial charge is 0.349 e. The second-order valence-electron chi connectivity index (χ2n) is 10.3. The number of nitrogens with zero attached hydrogens (tertiary/aromatic N) is 1. The summed E-state index contributed by atoms with van der Waals surface area (Å²) in [4.78, 5) is 26.3. The van der Waals surface area contributed by atoms with Crippen LogP contribution in [0.15, 0.2) is 71.4 Å². The van der Waals surface area contributed by atoms with Gasteiger partial charge >= 0.3 is 11.9 Å². The number of aryl methyl sites for hydroxylation is 1. The Morgan fingerprint density at radius 1 is 0.974 bits per heavy atom. The van der Waals surface area contributed by atoms with Crippen molar-refractivity contribution in [1.29, 1.82) is 0 Å². The molecule has 2 unspecified atom stereocenters. The Bertz CT molecular complexity index is 1220. The van der Waals surface area contributed by atoms with Gasteiger partial charge in [0.25, 0.3) is 0 Å². The number of fused-ring (bicyclic) bond motifs is 2. The van der Waals surface area contributed by atoms with Gasteiger partial charge in [0.15, 0.2) is 0 Å². The minimum Gasteiger partial charge on any atom is -0.466 e. The molecule has 8 heteroatoms. The summed E-state index contributed by atoms with van der Waals surface area (Å²) < 4.78 is 11.9. The fraction of sp³-hybridized carbons (Fsp3) is 0.400. The van der Waals surface area contributed by atoms with Gasteiger partial charge in [0.2, 0.25) is 5.60 Å². The van der Waals surface area contributed by atoms with Gasteiger partial charge in [-0.05, 0) is 54.0 Å². The molecule has 2 aliphatic rings. The highest BCUT2D eigenvalue weighted by Crippen LogP contribution is 2.42. The van der Waals surface area contributed by atoms with Gasteiger partial charge in [-0.2, -0.15) is 0 Å². The highest BCUT2D eigenvalue weighted by molar-refractivity contribution is 7.12. The number of benzene rings is 1. The minimum atomic E-state index is -1.78. The van der Waals surface area contributed by atoms with Crippen molar-refractivity contribution in [2.24, 2.45) is 0 Å². The van der Waals surface area contributed by atoms with E-state index in [1.165, 1.54) is 28.2 Å². The van der Waals surface area contributed by atoms with Gasteiger partial charge in [-0.3, -0.25) is 4.79 Å². The molecule has 1 aromatic carbocycles. The van der Waals surface area contributed by atoms with Crippen molar-refractivity contribution in [3.63, 3.8) is 0 Å². The first-order valence-corrected chi connectivity index (χ1v) is 14.9. The molecule has 0 radical (unpaired) electrons. The SMILES string of the molecule is CCOC(=O)CCc1ccc(C[N+]2(C)[C@@H]3C=C[C@H]2CC(OC(=O)C(O)(c2cccs2)c2cccs2)C3)cc1. The number of carbonyl (C=O) groups excluding carboxylic acids is 2. The summed E-state index contributed by atoms with van der Waals surface area (Å²) in [5.41, 5.74) is 0.589. The number of likely N-dealkylation sites (N-methyl/N-ethyl adjacent to an activating group) is 1. The van der Waals surface area contributed by atoms with Crippen molar-refractivity contribution in [1.82, 2.24) is 0 Å². The number of hydrogen-bond donors (Lipinski definition) is 1. The lowest BCUT2D eigenvalue weighted by molar-refractivity contribution is -0.957. The number of thiophene rings is 2. The van der Waals surface area contributed by atoms with E-state index in [0.29, 0.717) is 29.2 Å². The summed E-state index contributed by atoms with van der Waals surface area (Å²) in [7, 11) is 2.27. The Kier molecular flexibility index (Phi) is 7.86. The zero-order chi connectivity index (χ0) is 26.8. The molecule has 1 N–H and O–H groups in total. The monoisotopic (exact) mass is 552 g/mol. The van der Waals surface area contributed by atoms with Gasteiger partial charge in [-0.1, -0.05) is 36.4 Å². The fourth-order valence-corrected chi connectivity index (χ4v) is 7.43. The van der Waals surface area contributed by atoms with E-state index in [4.69, 9.17) is 9.47 Å². The van der Waals surface area contributed by atoms with Crippen molar-refractivity contribution < 1.29 is 28.7 Å². The van der Waals surface area contributed by atoms with Crippen LogP contribution in [0.3, 0.4) is 0 Å². The molecule has 2 aliphatic heterocycles. The molecule has 2 aromatic heterocycles. The van der Waals surface area contributed by atoms with Crippen LogP contribution in [0.1, 0.15) is 47.1 Å². The molecule has 0 amide bonds. The third-order valence-corrected chi connectivity index (χ3v) is 9.83. The van der Waals surface area contributed by atoms with E-state index in [1.54, 1.807) is 12.1 Å². The lowest BCUT2D eigenvalue weighted by Gasteiger charge is -2.47. The second-order valence-corrected chi connectivity index (χ2v) is 12.2. The Balaban J connectivity index is 1.23. The maximum Gasteiger partial charge on any atom is 0.349 e. The molecule has 1 saturated heterocycles. The molecule has 2 bridgehead atoms. The zero-order valence-corrected chi connectivity index (χ0v) is 23.4. The Hall–Kier alpha value is -2.78. The molecule has 6 nitrogen and oxygen atoms in total. The van der Waals surface area contributed by atoms with E-state index in [9.17, 15) is 14.7 Å². The lowest BCUT2D eigenvalue weighted by atomic mass is 9.93. The molecular weight excluding hydrogens is 518 g/mol. The summed E-state index contributed by atoms with van der Waals surface area (Å²) in [6, 6.07) is 16.2. The molecule has 200 valence electrons. The van der Waals surface area contributed by atoms with Crippen LogP contribution in [0.2, 0.25) is 0 Å². The van der Waals surface area contributed by atoms with Gasteiger partial charge in [0, 0.05) is 24.8 Å². The summed E-state index contributed by atoms with van der Waals surface area (Å²) in [5.74, 6) is -0.758. The summed E-state index contributed by atoms with van der Waals surface area (Å²) >= 11 is 2.72. The first kappa shape index (κ1) is 26.8. The van der Waals surface area contributed by atoms with E-state index in [0.717, 1.165) is 29.4 Å². The fourth-order valence-electron chi connectivity index (χ4n) is 5.71. The summed E-state index contributed by atoms with van der Waals surface area (Å²) in [6.45, 7) is 3.10. The predicted octanol–water partition coefficient (Wildman–Crippen LogP) is 5.20. The normalized spacial score (nSPS) is 24.3. The molecule has 38 heavy (non-hydrogen) atoms. The van der Waals surface area contributed by atoms with E-state index < -0.39 is 11.6 Å². The number of quaternary nitrogens is 1. The number of piperidine rings is 1. The maximum atomic E-state index is 13.5. The molecule has 4 heterocycles. The van der Waals surface area contributed by atoms with Crippen LogP contribution in [0.25, 0.3) is 0 Å². The lowest BCUT2D eigenvalue weighted by Crippen LogP contribution is -2.59. The van der Waals surface area contributed by atoms with Gasteiger partial charge in [0.1, 0.15) is 24.7 Å². The Morgan fingerprint density at radius 2 is 1.55 bits per heavy atom. The number of ether oxygens (including phenoxy) is 2. The predicted molar refractivity (Wildman–Crippen MR) is 149 cm³/mol. The average Bonchev–Trinajstić information content (AvgIpc) is 3.66. The highest BCUT2D eigenvalue weighted by atomic mass is 32.1. The number of rotatable bonds is 10. The van der Waals surface area contributed by atoms with E-state index >= 15 is 0 Å². The molecule has 3 aromatic rings. The van der Waals surface area contributed by atoms with E-state index in [1.807, 2.05) is 29.8 Å². The van der Waals surface area contributed by atoms with Gasteiger partial charge in [0.05, 0.1) is 23.4 Å². The number of aliphatic hydroxyl groups is 1. The number of esters is 2. The van der Waals surface area contributed by atoms with Gasteiger partial charge in [-0.25, -0.2) is 4.79 Å². The van der Waals surface area contributed by atoms with Crippen LogP contribution in [0, 0.1) is 0 Å². The number of carbonyl (C=O) groups is 2. The maximum absolute atomic E-state index is 13.5. The standard InChI is InChI=1S/C30H34NO5S2/c1-3-35-28(32)15-12-21-8-10-22(11-9-21)20-31(2)23-13-14-24(31)19-25(18-23)36-29(33)30(34,26-6-4-16-37-26)27-7-5-17-38-27/h4-11,13-14,16-17,23-25,34H,3,12,15,18-20H2,1-2H3/q+1/t23-,24+,25?,31?. The summed E-state index contributed by atoms with van der Waals surface area (Å²) in [5, 5.41) is 15.3. The molecular formula is C30H34NO5S2+. The topological polar surface area (TPSA) is 72.8 Å². The largest absolute Gasteiger partial charge is 0.466 e. The van der Waals surface area contributed by atoms with Gasteiger partial charge < -0.3 is 19.1 Å². The molecule has 0 spiro atoms. The van der Waals surface area contributed by atoms with Crippen molar-refractivity contribution in [2.45, 2.75) is 62.9 Å². The quantitative estimate of drug-likeness (QED) is 0.213. The van der Waals surface area contributed by atoms with Crippen LogP contribution < -0.4 is 0 Å². The van der Waals surface area contributed by atoms with Crippen LogP contribution in [-0.4, -0.2) is 53.4 Å². The first-order chi connectivity index (χ1) is 18.3. The second kappa shape index (κ2) is 11.1. The summed E-state index contributed by atoms with van der Waals surface area (Å²) in [6.07, 6.45) is 6.77. The highest BCUT2D eigenvalue weighted by Gasteiger charge is 2.51. The van der Waals surface area contributed by atoms with E-state index in [-0.39, 0.29) is 24.2 Å². The third kappa shape index (κ3) is 5.23. The van der Waals surface area contributed by atoms with Crippen molar-refractivity contribution >= 4 is 34.6 Å². The van der Waals surface area contributed by atoms with E-state index in [2.05, 4.69) is 43.5 Å². The average molecular weight is 553 g/mol. The molecule has 4 atom stereocenters. The van der Waals surface area contributed by atoms with Crippen LogP contribution in [0.4, 0.5) is 0 Å². The zero-order valence-electron chi connectivity index (χ0n) is 21.7. The molecule has 0 saturated carbocycles. The molecule has 5 rings (SSSR count). The Labute approximate surface area is 231 Å². The number of hydrogen-bond acceptors (Lipinski definition) is 7. The first-order valence-electron chi connectivity index (χ1n) is 13.1. The van der Waals surface area contributed by atoms with Crippen LogP contribution in [-0.2, 0) is 37.6 Å². The molecule has 0 aliphatic carbocycles. The van der Waals surface area contributed by atoms with Gasteiger partial charge in [-0.15, -0.1) is 22.7 Å². The minimum absolute atomic E-state index is 0.162. The van der Waals surface area contributed by atoms with Crippen LogP contribution in [0.5, 0.6) is 0 Å².